The lowest BCUT2D eigenvalue weighted by Crippen LogP contribution is -2.49. The number of carbonyl (C=O) groups excluding carboxylic acids is 1. The molecular weight excluding hydrogens is 208 g/mol. The van der Waals surface area contributed by atoms with E-state index in [1.54, 1.807) is 25.6 Å². The molecule has 1 aliphatic rings. The topological polar surface area (TPSA) is 67.4 Å². The minimum atomic E-state index is -0.430. The van der Waals surface area contributed by atoms with Crippen molar-refractivity contribution in [3.63, 3.8) is 0 Å². The summed E-state index contributed by atoms with van der Waals surface area (Å²) in [4.78, 5) is 21.6. The van der Waals surface area contributed by atoms with Crippen molar-refractivity contribution in [3.8, 4) is 0 Å². The van der Waals surface area contributed by atoms with Crippen LogP contribution in [-0.4, -0.2) is 48.7 Å². The van der Waals surface area contributed by atoms with Crippen LogP contribution in [0.5, 0.6) is 0 Å². The molecule has 0 bridgehead atoms. The molecule has 1 fully saturated rings. The summed E-state index contributed by atoms with van der Waals surface area (Å²) in [7, 11) is 1.60. The summed E-state index contributed by atoms with van der Waals surface area (Å²) in [5.41, 5.74) is 0. The van der Waals surface area contributed by atoms with E-state index in [4.69, 9.17) is 4.74 Å². The van der Waals surface area contributed by atoms with Gasteiger partial charge < -0.3 is 15.0 Å². The van der Waals surface area contributed by atoms with Gasteiger partial charge in [0, 0.05) is 26.0 Å². The van der Waals surface area contributed by atoms with Crippen LogP contribution in [0, 0.1) is 0 Å². The predicted molar refractivity (Wildman–Crippen MR) is 58.1 cm³/mol. The first-order valence-corrected chi connectivity index (χ1v) is 5.15. The van der Waals surface area contributed by atoms with Crippen LogP contribution in [0.4, 0.5) is 5.82 Å². The van der Waals surface area contributed by atoms with Gasteiger partial charge in [0.1, 0.15) is 5.82 Å². The van der Waals surface area contributed by atoms with Gasteiger partial charge in [-0.15, -0.1) is 0 Å². The number of anilines is 1. The third-order valence-corrected chi connectivity index (χ3v) is 2.48. The number of morpholine rings is 1. The van der Waals surface area contributed by atoms with E-state index in [0.717, 1.165) is 12.4 Å². The van der Waals surface area contributed by atoms with Crippen LogP contribution < -0.4 is 10.2 Å². The smallest absolute Gasteiger partial charge is 0.250 e. The molecule has 1 amide bonds. The molecule has 1 aromatic rings. The number of ether oxygens (including phenoxy) is 1. The van der Waals surface area contributed by atoms with Crippen molar-refractivity contribution in [1.29, 1.82) is 0 Å². The second-order valence-corrected chi connectivity index (χ2v) is 3.48. The number of rotatable bonds is 2. The van der Waals surface area contributed by atoms with Crippen LogP contribution in [-0.2, 0) is 9.53 Å². The van der Waals surface area contributed by atoms with Crippen molar-refractivity contribution < 1.29 is 9.53 Å². The van der Waals surface area contributed by atoms with Gasteiger partial charge in [0.25, 0.3) is 5.91 Å². The number of nitrogens with zero attached hydrogens (tertiary/aromatic N) is 3. The predicted octanol–water partition coefficient (Wildman–Crippen LogP) is -0.572. The normalized spacial score (nSPS) is 20.6. The van der Waals surface area contributed by atoms with E-state index in [-0.39, 0.29) is 5.91 Å². The van der Waals surface area contributed by atoms with Gasteiger partial charge in [0.2, 0.25) is 0 Å². The average Bonchev–Trinajstić information content (AvgIpc) is 2.39. The summed E-state index contributed by atoms with van der Waals surface area (Å²) in [5.74, 6) is 0.674. The molecule has 0 spiro atoms. The number of amides is 1. The highest BCUT2D eigenvalue weighted by atomic mass is 16.5. The van der Waals surface area contributed by atoms with Gasteiger partial charge in [-0.05, 0) is 0 Å². The fraction of sp³-hybridized carbons (Fsp3) is 0.500. The Labute approximate surface area is 93.6 Å². The minimum absolute atomic E-state index is 0.103. The van der Waals surface area contributed by atoms with Crippen molar-refractivity contribution in [2.45, 2.75) is 6.10 Å². The Morgan fingerprint density at radius 3 is 3.19 bits per heavy atom. The summed E-state index contributed by atoms with van der Waals surface area (Å²) in [6.07, 6.45) is 4.52. The second-order valence-electron chi connectivity index (χ2n) is 3.48. The molecule has 0 aliphatic carbocycles. The standard InChI is InChI=1S/C10H14N4O2/c1-11-10(15)8-7-14(4-5-16-8)9-6-12-2-3-13-9/h2-3,6,8H,4-5,7H2,1H3,(H,11,15)/t8-/m0/s1. The third-order valence-electron chi connectivity index (χ3n) is 2.48. The number of hydrogen-bond donors (Lipinski definition) is 1. The number of nitrogens with one attached hydrogen (secondary N) is 1. The molecule has 6 nitrogen and oxygen atoms in total. The average molecular weight is 222 g/mol. The molecule has 2 heterocycles. The molecule has 86 valence electrons. The van der Waals surface area contributed by atoms with Crippen molar-refractivity contribution in [2.75, 3.05) is 31.6 Å². The first kappa shape index (κ1) is 10.8. The Kier molecular flexibility index (Phi) is 3.31. The maximum Gasteiger partial charge on any atom is 0.250 e. The van der Waals surface area contributed by atoms with Gasteiger partial charge >= 0.3 is 0 Å². The molecule has 1 aliphatic heterocycles. The molecule has 0 saturated carbocycles. The number of carbonyl (C=O) groups is 1. The zero-order valence-corrected chi connectivity index (χ0v) is 9.09. The maximum absolute atomic E-state index is 11.4. The lowest BCUT2D eigenvalue weighted by molar-refractivity contribution is -0.132. The molecule has 1 atom stereocenters. The Bertz CT molecular complexity index is 357. The fourth-order valence-electron chi connectivity index (χ4n) is 1.63. The van der Waals surface area contributed by atoms with Crippen LogP contribution in [0.15, 0.2) is 18.6 Å². The van der Waals surface area contributed by atoms with E-state index in [0.29, 0.717) is 13.2 Å². The highest BCUT2D eigenvalue weighted by Gasteiger charge is 2.26. The molecule has 1 saturated heterocycles. The zero-order chi connectivity index (χ0) is 11.4. The van der Waals surface area contributed by atoms with E-state index < -0.39 is 6.10 Å². The summed E-state index contributed by atoms with van der Waals surface area (Å²) in [5, 5.41) is 2.58. The molecule has 2 rings (SSSR count). The lowest BCUT2D eigenvalue weighted by atomic mass is 10.2. The summed E-state index contributed by atoms with van der Waals surface area (Å²) < 4.78 is 5.38. The van der Waals surface area contributed by atoms with Crippen molar-refractivity contribution in [1.82, 2.24) is 15.3 Å². The number of aromatic nitrogens is 2. The van der Waals surface area contributed by atoms with Crippen LogP contribution in [0.2, 0.25) is 0 Å². The van der Waals surface area contributed by atoms with E-state index in [2.05, 4.69) is 15.3 Å². The van der Waals surface area contributed by atoms with Gasteiger partial charge in [0.15, 0.2) is 6.10 Å². The highest BCUT2D eigenvalue weighted by Crippen LogP contribution is 2.13. The molecular formula is C10H14N4O2. The SMILES string of the molecule is CNC(=O)[C@@H]1CN(c2cnccn2)CCO1. The third kappa shape index (κ3) is 2.27. The zero-order valence-electron chi connectivity index (χ0n) is 9.09. The molecule has 6 heteroatoms. The Morgan fingerprint density at radius 1 is 1.62 bits per heavy atom. The first-order chi connectivity index (χ1) is 7.81. The monoisotopic (exact) mass is 222 g/mol. The van der Waals surface area contributed by atoms with Crippen LogP contribution in [0.25, 0.3) is 0 Å². The van der Waals surface area contributed by atoms with Crippen LogP contribution in [0.1, 0.15) is 0 Å². The molecule has 1 aromatic heterocycles. The lowest BCUT2D eigenvalue weighted by Gasteiger charge is -2.32. The quantitative estimate of drug-likeness (QED) is 0.725. The molecule has 0 radical (unpaired) electrons. The molecule has 0 unspecified atom stereocenters. The van der Waals surface area contributed by atoms with Gasteiger partial charge in [-0.2, -0.15) is 0 Å². The minimum Gasteiger partial charge on any atom is -0.365 e. The molecule has 1 N–H and O–H groups in total. The summed E-state index contributed by atoms with van der Waals surface area (Å²) in [6, 6.07) is 0. The number of likely N-dealkylation sites (N-methyl/N-ethyl adjacent to an activating group) is 1. The van der Waals surface area contributed by atoms with Gasteiger partial charge in [-0.1, -0.05) is 0 Å². The summed E-state index contributed by atoms with van der Waals surface area (Å²) >= 11 is 0. The highest BCUT2D eigenvalue weighted by molar-refractivity contribution is 5.81. The largest absolute Gasteiger partial charge is 0.365 e. The van der Waals surface area contributed by atoms with Gasteiger partial charge in [0.05, 0.1) is 19.3 Å². The molecule has 0 aromatic carbocycles. The van der Waals surface area contributed by atoms with E-state index in [1.807, 2.05) is 4.90 Å². The van der Waals surface area contributed by atoms with E-state index in [1.165, 1.54) is 0 Å². The Hall–Kier alpha value is -1.69. The fourth-order valence-corrected chi connectivity index (χ4v) is 1.63. The molecule has 16 heavy (non-hydrogen) atoms. The first-order valence-electron chi connectivity index (χ1n) is 5.15. The Morgan fingerprint density at radius 2 is 2.50 bits per heavy atom. The van der Waals surface area contributed by atoms with E-state index in [9.17, 15) is 4.79 Å². The van der Waals surface area contributed by atoms with Crippen LogP contribution >= 0.6 is 0 Å². The van der Waals surface area contributed by atoms with E-state index >= 15 is 0 Å². The van der Waals surface area contributed by atoms with Crippen LogP contribution in [0.3, 0.4) is 0 Å². The maximum atomic E-state index is 11.4. The number of hydrogen-bond acceptors (Lipinski definition) is 5. The second kappa shape index (κ2) is 4.89. The van der Waals surface area contributed by atoms with Crippen molar-refractivity contribution >= 4 is 11.7 Å². The summed E-state index contributed by atoms with van der Waals surface area (Å²) in [6.45, 7) is 1.76. The van der Waals surface area contributed by atoms with Gasteiger partial charge in [-0.25, -0.2) is 4.98 Å². The van der Waals surface area contributed by atoms with Crippen molar-refractivity contribution in [2.24, 2.45) is 0 Å². The van der Waals surface area contributed by atoms with Crippen molar-refractivity contribution in [3.05, 3.63) is 18.6 Å². The Balaban J connectivity index is 2.05. The van der Waals surface area contributed by atoms with Gasteiger partial charge in [-0.3, -0.25) is 9.78 Å².